The summed E-state index contributed by atoms with van der Waals surface area (Å²) in [6.07, 6.45) is 7.06. The Balaban J connectivity index is 1.81. The fourth-order valence-electron chi connectivity index (χ4n) is 4.90. The molecule has 1 saturated heterocycles. The van der Waals surface area contributed by atoms with Gasteiger partial charge in [-0.1, -0.05) is 24.6 Å². The molecule has 4 atom stereocenters. The van der Waals surface area contributed by atoms with Gasteiger partial charge in [-0.15, -0.1) is 0 Å². The normalized spacial score (nSPS) is 17.5. The average Bonchev–Trinajstić information content (AvgIpc) is 3.58. The number of aromatic amines is 1. The maximum absolute atomic E-state index is 13.7. The van der Waals surface area contributed by atoms with Gasteiger partial charge in [-0.3, -0.25) is 14.4 Å². The van der Waals surface area contributed by atoms with Gasteiger partial charge < -0.3 is 37.1 Å². The van der Waals surface area contributed by atoms with Crippen molar-refractivity contribution in [3.8, 4) is 0 Å². The van der Waals surface area contributed by atoms with Crippen LogP contribution in [0.15, 0.2) is 30.5 Å². The van der Waals surface area contributed by atoms with Crippen molar-refractivity contribution >= 4 is 46.4 Å². The first-order valence-corrected chi connectivity index (χ1v) is 14.8. The number of unbranched alkanes of at least 4 members (excludes halogenated alkanes) is 1. The van der Waals surface area contributed by atoms with E-state index in [0.29, 0.717) is 50.9 Å². The summed E-state index contributed by atoms with van der Waals surface area (Å²) in [5, 5.41) is 16.2. The monoisotopic (exact) mass is 560 g/mol. The standard InChI is InChI=1S/C27H40N6O5S/c1-39-14-11-21(31-24(34)19(29)8-4-5-12-28)25(35)32-22(26(36)33-13-6-10-23(33)27(37)38)15-17-16-30-20-9-3-2-7-18(17)20/h2-3,7,9,16,19,21-23,30H,4-6,8,10-15,28-29H2,1H3,(H,31,34)(H,32,35)(H,37,38). The smallest absolute Gasteiger partial charge is 0.326 e. The van der Waals surface area contributed by atoms with Crippen molar-refractivity contribution in [2.75, 3.05) is 25.1 Å². The topological polar surface area (TPSA) is 184 Å². The number of aromatic nitrogens is 1. The zero-order chi connectivity index (χ0) is 28.4. The predicted octanol–water partition coefficient (Wildman–Crippen LogP) is 0.965. The van der Waals surface area contributed by atoms with Crippen LogP contribution in [0.5, 0.6) is 0 Å². The molecular formula is C27H40N6O5S. The van der Waals surface area contributed by atoms with Crippen LogP contribution in [0.1, 0.15) is 44.1 Å². The Kier molecular flexibility index (Phi) is 11.6. The third-order valence-corrected chi connectivity index (χ3v) is 7.73. The van der Waals surface area contributed by atoms with Crippen LogP contribution in [0.25, 0.3) is 10.9 Å². The minimum absolute atomic E-state index is 0.166. The van der Waals surface area contributed by atoms with E-state index in [1.54, 1.807) is 6.20 Å². The lowest BCUT2D eigenvalue weighted by Crippen LogP contribution is -2.57. The Morgan fingerprint density at radius 2 is 1.87 bits per heavy atom. The summed E-state index contributed by atoms with van der Waals surface area (Å²) in [6.45, 7) is 0.818. The number of H-pyrrole nitrogens is 1. The second-order valence-electron chi connectivity index (χ2n) is 9.89. The number of amides is 3. The summed E-state index contributed by atoms with van der Waals surface area (Å²) in [4.78, 5) is 56.3. The molecule has 0 bridgehead atoms. The van der Waals surface area contributed by atoms with Crippen LogP contribution in [0.3, 0.4) is 0 Å². The first-order chi connectivity index (χ1) is 18.8. The van der Waals surface area contributed by atoms with Crippen LogP contribution < -0.4 is 22.1 Å². The zero-order valence-electron chi connectivity index (χ0n) is 22.4. The number of likely N-dealkylation sites (tertiary alicyclic amines) is 1. The molecule has 1 aromatic carbocycles. The second-order valence-corrected chi connectivity index (χ2v) is 10.9. The van der Waals surface area contributed by atoms with E-state index in [9.17, 15) is 24.3 Å². The molecule has 0 aliphatic carbocycles. The maximum atomic E-state index is 13.7. The quantitative estimate of drug-likeness (QED) is 0.174. The summed E-state index contributed by atoms with van der Waals surface area (Å²) in [5.74, 6) is -1.84. The molecule has 0 radical (unpaired) electrons. The van der Waals surface area contributed by atoms with Crippen LogP contribution in [-0.4, -0.2) is 87.9 Å². The molecule has 8 N–H and O–H groups in total. The number of carbonyl (C=O) groups is 4. The molecule has 1 aliphatic heterocycles. The van der Waals surface area contributed by atoms with Crippen molar-refractivity contribution in [1.29, 1.82) is 0 Å². The van der Waals surface area contributed by atoms with E-state index in [-0.39, 0.29) is 6.42 Å². The molecule has 3 rings (SSSR count). The second kappa shape index (κ2) is 14.9. The number of carboxylic acids is 1. The SMILES string of the molecule is CSCCC(NC(=O)C(N)CCCCN)C(=O)NC(Cc1c[nH]c2ccccc12)C(=O)N1CCCC1C(=O)O. The summed E-state index contributed by atoms with van der Waals surface area (Å²) >= 11 is 1.53. The fraction of sp³-hybridized carbons (Fsp3) is 0.556. The van der Waals surface area contributed by atoms with Crippen LogP contribution in [0.2, 0.25) is 0 Å². The first kappa shape index (κ1) is 30.5. The molecule has 1 aliphatic rings. The molecular weight excluding hydrogens is 520 g/mol. The molecule has 4 unspecified atom stereocenters. The van der Waals surface area contributed by atoms with Gasteiger partial charge in [0.05, 0.1) is 6.04 Å². The van der Waals surface area contributed by atoms with Crippen molar-refractivity contribution in [3.05, 3.63) is 36.0 Å². The molecule has 12 heteroatoms. The number of para-hydroxylation sites is 1. The lowest BCUT2D eigenvalue weighted by atomic mass is 10.0. The number of thioether (sulfide) groups is 1. The lowest BCUT2D eigenvalue weighted by Gasteiger charge is -2.29. The molecule has 0 spiro atoms. The highest BCUT2D eigenvalue weighted by Crippen LogP contribution is 2.23. The number of hydrogen-bond donors (Lipinski definition) is 6. The van der Waals surface area contributed by atoms with Crippen LogP contribution in [-0.2, 0) is 25.6 Å². The van der Waals surface area contributed by atoms with Crippen LogP contribution in [0.4, 0.5) is 0 Å². The third-order valence-electron chi connectivity index (χ3n) is 7.08. The number of nitrogens with one attached hydrogen (secondary N) is 3. The minimum atomic E-state index is -1.06. The predicted molar refractivity (Wildman–Crippen MR) is 152 cm³/mol. The van der Waals surface area contributed by atoms with Gasteiger partial charge in [0.1, 0.15) is 18.1 Å². The number of nitrogens with zero attached hydrogens (tertiary/aromatic N) is 1. The van der Waals surface area contributed by atoms with E-state index in [4.69, 9.17) is 11.5 Å². The molecule has 3 amide bonds. The molecule has 2 heterocycles. The highest BCUT2D eigenvalue weighted by molar-refractivity contribution is 7.98. The van der Waals surface area contributed by atoms with Gasteiger partial charge >= 0.3 is 5.97 Å². The van der Waals surface area contributed by atoms with E-state index in [2.05, 4.69) is 15.6 Å². The number of rotatable bonds is 15. The van der Waals surface area contributed by atoms with Crippen molar-refractivity contribution in [2.45, 2.75) is 69.1 Å². The largest absolute Gasteiger partial charge is 0.480 e. The Hall–Kier alpha value is -3.09. The number of hydrogen-bond acceptors (Lipinski definition) is 7. The van der Waals surface area contributed by atoms with E-state index in [1.165, 1.54) is 16.7 Å². The van der Waals surface area contributed by atoms with Crippen molar-refractivity contribution < 1.29 is 24.3 Å². The maximum Gasteiger partial charge on any atom is 0.326 e. The van der Waals surface area contributed by atoms with Crippen LogP contribution in [0, 0.1) is 0 Å². The number of benzene rings is 1. The van der Waals surface area contributed by atoms with E-state index in [1.807, 2.05) is 30.5 Å². The molecule has 1 aromatic heterocycles. The first-order valence-electron chi connectivity index (χ1n) is 13.4. The Morgan fingerprint density at radius 1 is 1.13 bits per heavy atom. The minimum Gasteiger partial charge on any atom is -0.480 e. The average molecular weight is 561 g/mol. The van der Waals surface area contributed by atoms with Crippen molar-refractivity contribution in [1.82, 2.24) is 20.5 Å². The van der Waals surface area contributed by atoms with E-state index < -0.39 is 47.9 Å². The Morgan fingerprint density at radius 3 is 2.59 bits per heavy atom. The van der Waals surface area contributed by atoms with Gasteiger partial charge in [-0.25, -0.2) is 4.79 Å². The summed E-state index contributed by atoms with van der Waals surface area (Å²) < 4.78 is 0. The zero-order valence-corrected chi connectivity index (χ0v) is 23.2. The van der Waals surface area contributed by atoms with E-state index in [0.717, 1.165) is 22.9 Å². The Labute approximate surface area is 232 Å². The van der Waals surface area contributed by atoms with Gasteiger partial charge in [-0.05, 0) is 62.3 Å². The van der Waals surface area contributed by atoms with Crippen molar-refractivity contribution in [2.24, 2.45) is 11.5 Å². The lowest BCUT2D eigenvalue weighted by molar-refractivity contribution is -0.149. The number of carbonyl (C=O) groups excluding carboxylic acids is 3. The Bertz CT molecular complexity index is 1140. The third kappa shape index (κ3) is 8.20. The number of aliphatic carboxylic acids is 1. The van der Waals surface area contributed by atoms with Crippen LogP contribution >= 0.6 is 11.8 Å². The van der Waals surface area contributed by atoms with Gasteiger partial charge in [0.15, 0.2) is 0 Å². The fourth-order valence-corrected chi connectivity index (χ4v) is 5.37. The molecule has 0 saturated carbocycles. The summed E-state index contributed by atoms with van der Waals surface area (Å²) in [6, 6.07) is 4.02. The highest BCUT2D eigenvalue weighted by Gasteiger charge is 2.38. The number of carboxylic acid groups (broad SMARTS) is 1. The molecule has 1 fully saturated rings. The summed E-state index contributed by atoms with van der Waals surface area (Å²) in [5.41, 5.74) is 13.3. The van der Waals surface area contributed by atoms with E-state index >= 15 is 0 Å². The number of nitrogens with two attached hydrogens (primary N) is 2. The molecule has 39 heavy (non-hydrogen) atoms. The van der Waals surface area contributed by atoms with Gasteiger partial charge in [0.2, 0.25) is 17.7 Å². The van der Waals surface area contributed by atoms with Crippen molar-refractivity contribution in [3.63, 3.8) is 0 Å². The van der Waals surface area contributed by atoms with Gasteiger partial charge in [-0.2, -0.15) is 11.8 Å². The molecule has 2 aromatic rings. The molecule has 11 nitrogen and oxygen atoms in total. The van der Waals surface area contributed by atoms with Gasteiger partial charge in [0, 0.05) is 30.1 Å². The summed E-state index contributed by atoms with van der Waals surface area (Å²) in [7, 11) is 0. The van der Waals surface area contributed by atoms with Gasteiger partial charge in [0.25, 0.3) is 0 Å². The highest BCUT2D eigenvalue weighted by atomic mass is 32.2. The number of fused-ring (bicyclic) bond motifs is 1. The molecule has 214 valence electrons.